The van der Waals surface area contributed by atoms with Gasteiger partial charge in [0.15, 0.2) is 5.69 Å². The largest absolute Gasteiger partial charge is 0.496 e. The number of amides is 1. The molecule has 2 aromatic carbocycles. The van der Waals surface area contributed by atoms with Crippen LogP contribution >= 0.6 is 0 Å². The van der Waals surface area contributed by atoms with Crippen LogP contribution in [0.3, 0.4) is 0 Å². The first-order valence-corrected chi connectivity index (χ1v) is 9.92. The molecular weight excluding hydrogens is 401 g/mol. The molecule has 0 spiro atoms. The average Bonchev–Trinajstić information content (AvgIpc) is 3.40. The molecule has 160 valence electrons. The number of nitrogens with one attached hydrogen (secondary N) is 1. The van der Waals surface area contributed by atoms with E-state index in [-0.39, 0.29) is 23.8 Å². The van der Waals surface area contributed by atoms with E-state index in [0.717, 1.165) is 30.5 Å². The minimum Gasteiger partial charge on any atom is -0.496 e. The quantitative estimate of drug-likeness (QED) is 0.616. The number of fused-ring (bicyclic) bond motifs is 1. The zero-order valence-electron chi connectivity index (χ0n) is 17.3. The summed E-state index contributed by atoms with van der Waals surface area (Å²) in [6, 6.07) is 11.4. The zero-order chi connectivity index (χ0) is 22.0. The molecule has 0 saturated heterocycles. The zero-order valence-corrected chi connectivity index (χ0v) is 17.3. The third kappa shape index (κ3) is 3.88. The van der Waals surface area contributed by atoms with Crippen molar-refractivity contribution in [3.8, 4) is 11.4 Å². The highest BCUT2D eigenvalue weighted by atomic mass is 19.1. The van der Waals surface area contributed by atoms with E-state index in [2.05, 4.69) is 10.4 Å². The summed E-state index contributed by atoms with van der Waals surface area (Å²) in [6.45, 7) is 0.189. The highest BCUT2D eigenvalue weighted by Gasteiger charge is 2.27. The summed E-state index contributed by atoms with van der Waals surface area (Å²) in [5.74, 6) is -0.862. The number of carbonyl (C=O) groups excluding carboxylic acids is 2. The van der Waals surface area contributed by atoms with E-state index >= 15 is 0 Å². The summed E-state index contributed by atoms with van der Waals surface area (Å²) in [5, 5.41) is 7.28. The Hall–Kier alpha value is -3.68. The smallest absolute Gasteiger partial charge is 0.341 e. The number of hydrogen-bond acceptors (Lipinski definition) is 5. The van der Waals surface area contributed by atoms with E-state index in [1.165, 1.54) is 25.0 Å². The van der Waals surface area contributed by atoms with Crippen LogP contribution in [0.25, 0.3) is 5.69 Å². The van der Waals surface area contributed by atoms with Gasteiger partial charge in [-0.15, -0.1) is 0 Å². The number of aromatic nitrogens is 2. The molecule has 1 amide bonds. The Balaban J connectivity index is 1.57. The van der Waals surface area contributed by atoms with Crippen LogP contribution in [-0.4, -0.2) is 35.9 Å². The van der Waals surface area contributed by atoms with Gasteiger partial charge in [0.25, 0.3) is 5.91 Å². The van der Waals surface area contributed by atoms with Crippen molar-refractivity contribution in [2.75, 3.05) is 14.2 Å². The fourth-order valence-corrected chi connectivity index (χ4v) is 3.84. The summed E-state index contributed by atoms with van der Waals surface area (Å²) < 4.78 is 25.8. The van der Waals surface area contributed by atoms with E-state index in [1.807, 2.05) is 0 Å². The molecule has 0 unspecified atom stereocenters. The average molecular weight is 423 g/mol. The number of methoxy groups -OCH3 is 2. The fourth-order valence-electron chi connectivity index (χ4n) is 3.84. The molecule has 4 rings (SSSR count). The van der Waals surface area contributed by atoms with Crippen LogP contribution in [0, 0.1) is 5.82 Å². The van der Waals surface area contributed by atoms with Crippen molar-refractivity contribution in [3.05, 3.63) is 76.4 Å². The molecule has 1 heterocycles. The van der Waals surface area contributed by atoms with Crippen molar-refractivity contribution in [3.63, 3.8) is 0 Å². The molecular formula is C23H22FN3O4. The van der Waals surface area contributed by atoms with Gasteiger partial charge in [-0.1, -0.05) is 18.2 Å². The predicted molar refractivity (Wildman–Crippen MR) is 111 cm³/mol. The Morgan fingerprint density at radius 1 is 1.16 bits per heavy atom. The molecule has 8 heteroatoms. The van der Waals surface area contributed by atoms with Crippen LogP contribution in [0.5, 0.6) is 5.75 Å². The number of halogens is 1. The molecule has 0 atom stereocenters. The van der Waals surface area contributed by atoms with Gasteiger partial charge in [0.2, 0.25) is 0 Å². The Morgan fingerprint density at radius 2 is 1.97 bits per heavy atom. The molecule has 1 aromatic heterocycles. The first kappa shape index (κ1) is 20.6. The molecule has 1 aliphatic rings. The standard InChI is InChI=1S/C23H22FN3O4/c1-30-20-11-10-14(12-16(20)23(29)31-2)13-25-22(28)21-15-6-5-9-18(15)27(26-21)19-8-4-3-7-17(19)24/h3-4,7-8,10-12H,5-6,9,13H2,1-2H3,(H,25,28). The first-order chi connectivity index (χ1) is 15.0. The minimum absolute atomic E-state index is 0.189. The lowest BCUT2D eigenvalue weighted by Gasteiger charge is -2.10. The molecule has 0 saturated carbocycles. The Morgan fingerprint density at radius 3 is 2.71 bits per heavy atom. The first-order valence-electron chi connectivity index (χ1n) is 9.92. The normalized spacial score (nSPS) is 12.4. The molecule has 1 N–H and O–H groups in total. The van der Waals surface area contributed by atoms with Crippen molar-refractivity contribution in [1.82, 2.24) is 15.1 Å². The van der Waals surface area contributed by atoms with Crippen LogP contribution in [0.2, 0.25) is 0 Å². The maximum atomic E-state index is 14.3. The summed E-state index contributed by atoms with van der Waals surface area (Å²) in [4.78, 5) is 24.9. The van der Waals surface area contributed by atoms with Crippen LogP contribution < -0.4 is 10.1 Å². The van der Waals surface area contributed by atoms with E-state index in [9.17, 15) is 14.0 Å². The number of hydrogen-bond donors (Lipinski definition) is 1. The lowest BCUT2D eigenvalue weighted by molar-refractivity contribution is 0.0597. The number of nitrogens with zero attached hydrogens (tertiary/aromatic N) is 2. The van der Waals surface area contributed by atoms with Gasteiger partial charge in [-0.2, -0.15) is 5.10 Å². The number of carbonyl (C=O) groups is 2. The Bertz CT molecular complexity index is 1160. The number of rotatable bonds is 6. The third-order valence-corrected chi connectivity index (χ3v) is 5.35. The van der Waals surface area contributed by atoms with E-state index in [4.69, 9.17) is 9.47 Å². The maximum absolute atomic E-state index is 14.3. The summed E-state index contributed by atoms with van der Waals surface area (Å²) >= 11 is 0. The summed E-state index contributed by atoms with van der Waals surface area (Å²) in [7, 11) is 2.76. The Kier molecular flexibility index (Phi) is 5.70. The maximum Gasteiger partial charge on any atom is 0.341 e. The Labute approximate surface area is 178 Å². The summed E-state index contributed by atoms with van der Waals surface area (Å²) in [6.07, 6.45) is 2.36. The van der Waals surface area contributed by atoms with Crippen LogP contribution in [-0.2, 0) is 24.1 Å². The molecule has 7 nitrogen and oxygen atoms in total. The van der Waals surface area contributed by atoms with Gasteiger partial charge >= 0.3 is 5.97 Å². The fraction of sp³-hybridized carbons (Fsp3) is 0.261. The topological polar surface area (TPSA) is 82.5 Å². The highest BCUT2D eigenvalue weighted by molar-refractivity contribution is 5.94. The van der Waals surface area contributed by atoms with E-state index in [0.29, 0.717) is 22.7 Å². The molecule has 0 bridgehead atoms. The van der Waals surface area contributed by atoms with Gasteiger partial charge in [-0.3, -0.25) is 4.79 Å². The van der Waals surface area contributed by atoms with Crippen molar-refractivity contribution >= 4 is 11.9 Å². The van der Waals surface area contributed by atoms with Gasteiger partial charge < -0.3 is 14.8 Å². The van der Waals surface area contributed by atoms with Crippen molar-refractivity contribution in [2.45, 2.75) is 25.8 Å². The third-order valence-electron chi connectivity index (χ3n) is 5.35. The second-order valence-electron chi connectivity index (χ2n) is 7.20. The molecule has 31 heavy (non-hydrogen) atoms. The number of ether oxygens (including phenoxy) is 2. The molecule has 1 aliphatic carbocycles. The highest BCUT2D eigenvalue weighted by Crippen LogP contribution is 2.29. The molecule has 3 aromatic rings. The number of benzene rings is 2. The number of esters is 1. The SMILES string of the molecule is COC(=O)c1cc(CNC(=O)c2nn(-c3ccccc3F)c3c2CCC3)ccc1OC. The second-order valence-corrected chi connectivity index (χ2v) is 7.20. The number of para-hydroxylation sites is 1. The van der Waals surface area contributed by atoms with E-state index < -0.39 is 5.97 Å². The lowest BCUT2D eigenvalue weighted by Crippen LogP contribution is -2.24. The van der Waals surface area contributed by atoms with Crippen molar-refractivity contribution < 1.29 is 23.5 Å². The second kappa shape index (κ2) is 8.59. The minimum atomic E-state index is -0.522. The lowest BCUT2D eigenvalue weighted by atomic mass is 10.1. The van der Waals surface area contributed by atoms with Crippen LogP contribution in [0.15, 0.2) is 42.5 Å². The molecule has 0 fully saturated rings. The van der Waals surface area contributed by atoms with Crippen LogP contribution in [0.4, 0.5) is 4.39 Å². The van der Waals surface area contributed by atoms with Gasteiger partial charge in [-0.25, -0.2) is 13.9 Å². The van der Waals surface area contributed by atoms with Gasteiger partial charge in [-0.05, 0) is 49.1 Å². The van der Waals surface area contributed by atoms with Gasteiger partial charge in [0.1, 0.15) is 22.8 Å². The summed E-state index contributed by atoms with van der Waals surface area (Å²) in [5.41, 5.74) is 3.34. The van der Waals surface area contributed by atoms with Crippen molar-refractivity contribution in [1.29, 1.82) is 0 Å². The van der Waals surface area contributed by atoms with E-state index in [1.54, 1.807) is 36.4 Å². The van der Waals surface area contributed by atoms with Crippen molar-refractivity contribution in [2.24, 2.45) is 0 Å². The van der Waals surface area contributed by atoms with Gasteiger partial charge in [0, 0.05) is 17.8 Å². The monoisotopic (exact) mass is 423 g/mol. The van der Waals surface area contributed by atoms with Crippen LogP contribution in [0.1, 0.15) is 44.1 Å². The molecule has 0 radical (unpaired) electrons. The molecule has 0 aliphatic heterocycles. The predicted octanol–water partition coefficient (Wildman–Crippen LogP) is 3.23. The van der Waals surface area contributed by atoms with Gasteiger partial charge in [0.05, 0.1) is 14.2 Å².